The topological polar surface area (TPSA) is 202 Å². The molecule has 1 heterocycles. The van der Waals surface area contributed by atoms with Crippen molar-refractivity contribution in [1.29, 1.82) is 0 Å². The molecule has 0 radical (unpaired) electrons. The lowest BCUT2D eigenvalue weighted by Gasteiger charge is -2.34. The summed E-state index contributed by atoms with van der Waals surface area (Å²) in [6.07, 6.45) is -7.80. The predicted octanol–water partition coefficient (Wildman–Crippen LogP) is -4.52. The Kier molecular flexibility index (Phi) is 10.5. The molecule has 29 heavy (non-hydrogen) atoms. The monoisotopic (exact) mass is 464 g/mol. The molecule has 1 aliphatic heterocycles. The van der Waals surface area contributed by atoms with Crippen molar-refractivity contribution in [3.8, 4) is 0 Å². The minimum absolute atomic E-state index is 0.0243. The Morgan fingerprint density at radius 1 is 0.897 bits per heavy atom. The maximum atomic E-state index is 12.1. The third-order valence-corrected chi connectivity index (χ3v) is 6.34. The number of aliphatic hydroxyl groups is 4. The van der Waals surface area contributed by atoms with Crippen LogP contribution in [0.2, 0.25) is 0 Å². The van der Waals surface area contributed by atoms with Gasteiger partial charge in [0, 0.05) is 39.3 Å². The van der Waals surface area contributed by atoms with E-state index < -0.39 is 57.0 Å². The molecular formula is C14H28N2O11S2. The van der Waals surface area contributed by atoms with Gasteiger partial charge in [-0.2, -0.15) is 16.8 Å². The Bertz CT molecular complexity index is 707. The van der Waals surface area contributed by atoms with E-state index in [-0.39, 0.29) is 25.1 Å². The average molecular weight is 465 g/mol. The van der Waals surface area contributed by atoms with E-state index in [1.165, 1.54) is 0 Å². The highest BCUT2D eigenvalue weighted by Crippen LogP contribution is 2.11. The molecule has 0 saturated carbocycles. The number of hydrogen-bond acceptors (Lipinski definition) is 12. The van der Waals surface area contributed by atoms with Crippen molar-refractivity contribution in [2.45, 2.75) is 24.4 Å². The Morgan fingerprint density at radius 2 is 1.38 bits per heavy atom. The van der Waals surface area contributed by atoms with Crippen LogP contribution in [0.3, 0.4) is 0 Å². The van der Waals surface area contributed by atoms with Crippen molar-refractivity contribution in [3.63, 3.8) is 0 Å². The molecule has 15 heteroatoms. The molecule has 0 spiro atoms. The number of carbonyl (C=O) groups excluding carboxylic acids is 1. The van der Waals surface area contributed by atoms with Crippen LogP contribution in [0.15, 0.2) is 0 Å². The molecule has 1 aliphatic rings. The Morgan fingerprint density at radius 3 is 1.79 bits per heavy atom. The largest absolute Gasteiger partial charge is 0.394 e. The highest BCUT2D eigenvalue weighted by Gasteiger charge is 2.35. The zero-order valence-corrected chi connectivity index (χ0v) is 17.3. The second-order valence-electron chi connectivity index (χ2n) is 6.66. The smallest absolute Gasteiger partial charge is 0.269 e. The van der Waals surface area contributed by atoms with Gasteiger partial charge in [0.2, 0.25) is 0 Å². The zero-order chi connectivity index (χ0) is 22.2. The number of aliphatic hydroxyl groups excluding tert-OH is 4. The van der Waals surface area contributed by atoms with Gasteiger partial charge in [-0.25, -0.2) is 0 Å². The van der Waals surface area contributed by atoms with Gasteiger partial charge in [-0.1, -0.05) is 0 Å². The van der Waals surface area contributed by atoms with Gasteiger partial charge in [0.15, 0.2) is 12.4 Å². The first-order valence-corrected chi connectivity index (χ1v) is 12.0. The molecule has 1 rings (SSSR count). The molecule has 0 aromatic heterocycles. The van der Waals surface area contributed by atoms with Crippen LogP contribution in [-0.4, -0.2) is 140 Å². The first-order chi connectivity index (χ1) is 13.4. The summed E-state index contributed by atoms with van der Waals surface area (Å²) in [5.41, 5.74) is 0. The maximum absolute atomic E-state index is 12.1. The van der Waals surface area contributed by atoms with Gasteiger partial charge in [0.1, 0.15) is 18.3 Å². The Labute approximate surface area is 169 Å². The summed E-state index contributed by atoms with van der Waals surface area (Å²) >= 11 is 0. The summed E-state index contributed by atoms with van der Waals surface area (Å²) in [6.45, 7) is 1.14. The molecule has 1 saturated heterocycles. The molecule has 0 bridgehead atoms. The molecule has 4 atom stereocenters. The van der Waals surface area contributed by atoms with Gasteiger partial charge < -0.3 is 25.2 Å². The van der Waals surface area contributed by atoms with E-state index in [9.17, 15) is 36.9 Å². The number of piperazine rings is 1. The second-order valence-corrected chi connectivity index (χ2v) is 9.95. The summed E-state index contributed by atoms with van der Waals surface area (Å²) in [6, 6.07) is 0. The van der Waals surface area contributed by atoms with Crippen molar-refractivity contribution in [2.75, 3.05) is 57.4 Å². The fraction of sp³-hybridized carbons (Fsp3) is 0.929. The highest BCUT2D eigenvalue weighted by atomic mass is 32.2. The average Bonchev–Trinajstić information content (AvgIpc) is 2.67. The molecule has 0 aromatic carbocycles. The highest BCUT2D eigenvalue weighted by molar-refractivity contribution is 7.86. The molecule has 5 N–H and O–H groups in total. The minimum atomic E-state index is -4.26. The van der Waals surface area contributed by atoms with E-state index in [1.807, 2.05) is 4.90 Å². The van der Waals surface area contributed by atoms with Gasteiger partial charge in [-0.15, -0.1) is 0 Å². The molecule has 1 fully saturated rings. The lowest BCUT2D eigenvalue weighted by molar-refractivity contribution is -0.132. The predicted molar refractivity (Wildman–Crippen MR) is 99.1 cm³/mol. The summed E-state index contributed by atoms with van der Waals surface area (Å²) in [4.78, 5) is 14.6. The first kappa shape index (κ1) is 26.3. The Balaban J connectivity index is 2.48. The summed E-state index contributed by atoms with van der Waals surface area (Å²) < 4.78 is 59.0. The lowest BCUT2D eigenvalue weighted by Crippen LogP contribution is -2.49. The lowest BCUT2D eigenvalue weighted by atomic mass is 10.0. The standard InChI is InChI=1S/C14H28N2O11S2/c17-9-11(19)13(20)14(21)12(10-18)27-29(25,26)8-6-16-3-1-15(2-4-16)5-7-28(22,23)24/h10-14,17,19-21H,1-9H2,(H,22,23,24)/t11-,12+,13-,14-/m1/s1. The number of hydrogen-bond donors (Lipinski definition) is 5. The van der Waals surface area contributed by atoms with Crippen LogP contribution in [0.4, 0.5) is 0 Å². The van der Waals surface area contributed by atoms with Crippen LogP contribution >= 0.6 is 0 Å². The normalized spacial score (nSPS) is 21.4. The molecule has 0 unspecified atom stereocenters. The molecule has 0 aliphatic carbocycles. The zero-order valence-electron chi connectivity index (χ0n) is 15.6. The van der Waals surface area contributed by atoms with Crippen LogP contribution < -0.4 is 0 Å². The van der Waals surface area contributed by atoms with Gasteiger partial charge >= 0.3 is 0 Å². The second kappa shape index (κ2) is 11.6. The number of nitrogens with zero attached hydrogens (tertiary/aromatic N) is 2. The summed E-state index contributed by atoms with van der Waals surface area (Å²) in [5.74, 6) is -0.894. The van der Waals surface area contributed by atoms with E-state index in [2.05, 4.69) is 4.18 Å². The van der Waals surface area contributed by atoms with E-state index in [1.54, 1.807) is 4.90 Å². The van der Waals surface area contributed by atoms with E-state index in [0.717, 1.165) is 0 Å². The first-order valence-electron chi connectivity index (χ1n) is 8.79. The molecule has 0 amide bonds. The fourth-order valence-electron chi connectivity index (χ4n) is 2.63. The van der Waals surface area contributed by atoms with Crippen LogP contribution in [0, 0.1) is 0 Å². The van der Waals surface area contributed by atoms with Crippen LogP contribution in [0.5, 0.6) is 0 Å². The maximum Gasteiger partial charge on any atom is 0.269 e. The summed E-state index contributed by atoms with van der Waals surface area (Å²) in [7, 11) is -8.31. The fourth-order valence-corrected chi connectivity index (χ4v) is 4.19. The van der Waals surface area contributed by atoms with E-state index in [4.69, 9.17) is 9.66 Å². The van der Waals surface area contributed by atoms with Crippen molar-refractivity contribution in [1.82, 2.24) is 9.80 Å². The van der Waals surface area contributed by atoms with Gasteiger partial charge in [-0.05, 0) is 0 Å². The molecular weight excluding hydrogens is 436 g/mol. The van der Waals surface area contributed by atoms with E-state index >= 15 is 0 Å². The van der Waals surface area contributed by atoms with Crippen molar-refractivity contribution < 1.29 is 50.8 Å². The molecule has 13 nitrogen and oxygen atoms in total. The van der Waals surface area contributed by atoms with Crippen molar-refractivity contribution in [3.05, 3.63) is 0 Å². The van der Waals surface area contributed by atoms with Gasteiger partial charge in [-0.3, -0.25) is 18.5 Å². The SMILES string of the molecule is O=C[C@H](OS(=O)(=O)CCN1CCN(CCS(=O)(=O)O)CC1)[C@@H](O)[C@H](O)[C@H](O)CO. The van der Waals surface area contributed by atoms with Gasteiger partial charge in [0.25, 0.3) is 20.2 Å². The number of carbonyl (C=O) groups is 1. The number of rotatable bonds is 13. The Hall–Kier alpha value is -0.750. The third kappa shape index (κ3) is 9.73. The molecule has 172 valence electrons. The molecule has 0 aromatic rings. The van der Waals surface area contributed by atoms with Crippen LogP contribution in [-0.2, 0) is 29.2 Å². The van der Waals surface area contributed by atoms with E-state index in [0.29, 0.717) is 26.2 Å². The van der Waals surface area contributed by atoms with Gasteiger partial charge in [0.05, 0.1) is 18.1 Å². The minimum Gasteiger partial charge on any atom is -0.394 e. The number of aldehydes is 1. The third-order valence-electron chi connectivity index (χ3n) is 4.45. The van der Waals surface area contributed by atoms with Crippen molar-refractivity contribution >= 4 is 26.5 Å². The van der Waals surface area contributed by atoms with Crippen molar-refractivity contribution in [2.24, 2.45) is 0 Å². The van der Waals surface area contributed by atoms with Crippen LogP contribution in [0.1, 0.15) is 0 Å². The summed E-state index contributed by atoms with van der Waals surface area (Å²) in [5, 5.41) is 37.4. The van der Waals surface area contributed by atoms with Crippen LogP contribution in [0.25, 0.3) is 0 Å². The quantitative estimate of drug-likeness (QED) is 0.0992.